The van der Waals surface area contributed by atoms with Gasteiger partial charge in [-0.3, -0.25) is 14.4 Å². The summed E-state index contributed by atoms with van der Waals surface area (Å²) in [6.07, 6.45) is -0.664. The molecular formula is C16H17N3O6. The van der Waals surface area contributed by atoms with Crippen molar-refractivity contribution in [3.63, 3.8) is 0 Å². The van der Waals surface area contributed by atoms with E-state index in [4.69, 9.17) is 4.74 Å². The molecule has 2 heterocycles. The molecule has 0 saturated carbocycles. The van der Waals surface area contributed by atoms with Crippen LogP contribution in [0.4, 0.5) is 0 Å². The average molecular weight is 347 g/mol. The molecule has 132 valence electrons. The van der Waals surface area contributed by atoms with Crippen LogP contribution in [-0.4, -0.2) is 51.3 Å². The summed E-state index contributed by atoms with van der Waals surface area (Å²) in [6.45, 7) is 3.08. The minimum atomic E-state index is -1.13. The Morgan fingerprint density at radius 2 is 2.04 bits per heavy atom. The molecule has 1 aliphatic carbocycles. The molecule has 2 aliphatic rings. The first-order valence-electron chi connectivity index (χ1n) is 7.71. The van der Waals surface area contributed by atoms with E-state index in [0.717, 1.165) is 0 Å². The fraction of sp³-hybridized carbons (Fsp3) is 0.438. The number of aliphatic carboxylic acids is 1. The number of nitrogens with one attached hydrogen (secondary N) is 1. The Balaban J connectivity index is 2.08. The third kappa shape index (κ3) is 2.47. The summed E-state index contributed by atoms with van der Waals surface area (Å²) in [5.41, 5.74) is 0.147. The molecule has 0 saturated heterocycles. The molecule has 2 N–H and O–H groups in total. The number of amides is 1. The number of nitrogens with zero attached hydrogens (tertiary/aromatic N) is 2. The molecule has 0 fully saturated rings. The zero-order valence-electron chi connectivity index (χ0n) is 14.0. The zero-order chi connectivity index (χ0) is 18.5. The molecule has 0 aromatic carbocycles. The molecule has 2 atom stereocenters. The third-order valence-corrected chi connectivity index (χ3v) is 4.53. The molecule has 0 spiro atoms. The van der Waals surface area contributed by atoms with Gasteiger partial charge in [-0.25, -0.2) is 9.78 Å². The van der Waals surface area contributed by atoms with Gasteiger partial charge in [0.2, 0.25) is 17.5 Å². The van der Waals surface area contributed by atoms with Crippen LogP contribution in [0.3, 0.4) is 0 Å². The van der Waals surface area contributed by atoms with Crippen molar-refractivity contribution in [2.24, 2.45) is 0 Å². The zero-order valence-corrected chi connectivity index (χ0v) is 14.0. The van der Waals surface area contributed by atoms with Crippen molar-refractivity contribution in [2.45, 2.75) is 38.8 Å². The topological polar surface area (TPSA) is 128 Å². The predicted molar refractivity (Wildman–Crippen MR) is 83.2 cm³/mol. The van der Waals surface area contributed by atoms with Gasteiger partial charge in [0.15, 0.2) is 6.10 Å². The molecule has 9 heteroatoms. The van der Waals surface area contributed by atoms with Gasteiger partial charge in [0, 0.05) is 26.2 Å². The number of allylic oxidation sites excluding steroid dienone is 2. The van der Waals surface area contributed by atoms with Gasteiger partial charge >= 0.3 is 5.97 Å². The maximum Gasteiger partial charge on any atom is 0.333 e. The van der Waals surface area contributed by atoms with E-state index in [1.807, 2.05) is 0 Å². The molecule has 1 aromatic rings. The Morgan fingerprint density at radius 3 is 2.60 bits per heavy atom. The number of methoxy groups -OCH3 is 1. The van der Waals surface area contributed by atoms with E-state index in [0.29, 0.717) is 18.8 Å². The van der Waals surface area contributed by atoms with Crippen molar-refractivity contribution < 1.29 is 29.0 Å². The SMILES string of the molecule is COC(C(=O)O)C1CCn2c1nc1c2C(=O)C(C)=C(NC(C)=O)C1=O. The van der Waals surface area contributed by atoms with Gasteiger partial charge in [-0.2, -0.15) is 0 Å². The second kappa shape index (κ2) is 5.92. The highest BCUT2D eigenvalue weighted by atomic mass is 16.5. The van der Waals surface area contributed by atoms with Crippen LogP contribution in [0, 0.1) is 0 Å². The maximum atomic E-state index is 12.7. The van der Waals surface area contributed by atoms with Crippen molar-refractivity contribution >= 4 is 23.4 Å². The third-order valence-electron chi connectivity index (χ3n) is 4.53. The second-order valence-corrected chi connectivity index (χ2v) is 6.05. The fourth-order valence-corrected chi connectivity index (χ4v) is 3.40. The number of hydrogen-bond donors (Lipinski definition) is 2. The first-order valence-corrected chi connectivity index (χ1v) is 7.71. The average Bonchev–Trinajstić information content (AvgIpc) is 3.10. The van der Waals surface area contributed by atoms with E-state index in [2.05, 4.69) is 10.3 Å². The highest BCUT2D eigenvalue weighted by molar-refractivity contribution is 6.26. The summed E-state index contributed by atoms with van der Waals surface area (Å²) in [6, 6.07) is 0. The Bertz CT molecular complexity index is 850. The molecule has 1 aromatic heterocycles. The van der Waals surface area contributed by atoms with E-state index < -0.39 is 35.5 Å². The lowest BCUT2D eigenvalue weighted by Gasteiger charge is -2.17. The summed E-state index contributed by atoms with van der Waals surface area (Å²) in [5.74, 6) is -2.76. The second-order valence-electron chi connectivity index (χ2n) is 6.05. The number of carboxylic acids is 1. The summed E-state index contributed by atoms with van der Waals surface area (Å²) in [7, 11) is 1.29. The molecule has 1 aliphatic heterocycles. The van der Waals surface area contributed by atoms with E-state index in [1.165, 1.54) is 21.0 Å². The number of aromatic nitrogens is 2. The number of ketones is 2. The first-order chi connectivity index (χ1) is 11.8. The van der Waals surface area contributed by atoms with Crippen LogP contribution < -0.4 is 5.32 Å². The van der Waals surface area contributed by atoms with Crippen molar-refractivity contribution in [1.82, 2.24) is 14.9 Å². The number of carboxylic acid groups (broad SMARTS) is 1. The Morgan fingerprint density at radius 1 is 1.36 bits per heavy atom. The van der Waals surface area contributed by atoms with Crippen LogP contribution in [0.15, 0.2) is 11.3 Å². The molecule has 9 nitrogen and oxygen atoms in total. The van der Waals surface area contributed by atoms with Gasteiger partial charge in [-0.05, 0) is 13.3 Å². The quantitative estimate of drug-likeness (QED) is 0.799. The Hall–Kier alpha value is -2.81. The number of imidazole rings is 1. The number of carbonyl (C=O) groups is 4. The largest absolute Gasteiger partial charge is 0.479 e. The normalized spacial score (nSPS) is 20.4. The van der Waals surface area contributed by atoms with Gasteiger partial charge in [0.25, 0.3) is 0 Å². The standard InChI is InChI=1S/C16H17N3O6/c1-6-9(17-7(2)20)13(22)10-11(12(6)21)19-5-4-8(15(19)18-10)14(25-3)16(23)24/h8,14H,4-5H2,1-3H3,(H,17,20)(H,23,24). The highest BCUT2D eigenvalue weighted by Crippen LogP contribution is 2.37. The number of Topliss-reactive ketones (excluding diaryl/α,β-unsaturated/α-hetero) is 2. The van der Waals surface area contributed by atoms with Gasteiger partial charge in [0.05, 0.1) is 11.6 Å². The van der Waals surface area contributed by atoms with Crippen LogP contribution in [0.2, 0.25) is 0 Å². The smallest absolute Gasteiger partial charge is 0.333 e. The Labute approximate surface area is 142 Å². The van der Waals surface area contributed by atoms with E-state index in [1.54, 1.807) is 4.57 Å². The predicted octanol–water partition coefficient (Wildman–Crippen LogP) is 0.259. The van der Waals surface area contributed by atoms with Crippen LogP contribution in [0.25, 0.3) is 0 Å². The lowest BCUT2D eigenvalue weighted by Crippen LogP contribution is -2.33. The molecule has 2 unspecified atom stereocenters. The number of fused-ring (bicyclic) bond motifs is 3. The lowest BCUT2D eigenvalue weighted by molar-refractivity contribution is -0.150. The summed E-state index contributed by atoms with van der Waals surface area (Å²) in [4.78, 5) is 52.3. The number of rotatable bonds is 4. The summed E-state index contributed by atoms with van der Waals surface area (Å²) >= 11 is 0. The van der Waals surface area contributed by atoms with Gasteiger partial charge in [-0.1, -0.05) is 0 Å². The number of hydrogen-bond acceptors (Lipinski definition) is 6. The monoisotopic (exact) mass is 347 g/mol. The highest BCUT2D eigenvalue weighted by Gasteiger charge is 2.43. The molecule has 3 rings (SSSR count). The minimum Gasteiger partial charge on any atom is -0.479 e. The molecule has 0 radical (unpaired) electrons. The Kier molecular flexibility index (Phi) is 4.03. The van der Waals surface area contributed by atoms with Gasteiger partial charge in [0.1, 0.15) is 17.2 Å². The summed E-state index contributed by atoms with van der Waals surface area (Å²) in [5, 5.41) is 11.7. The van der Waals surface area contributed by atoms with Gasteiger partial charge in [-0.15, -0.1) is 0 Å². The van der Waals surface area contributed by atoms with E-state index in [9.17, 15) is 24.3 Å². The van der Waals surface area contributed by atoms with E-state index in [-0.39, 0.29) is 22.7 Å². The van der Waals surface area contributed by atoms with Crippen molar-refractivity contribution in [3.05, 3.63) is 28.5 Å². The van der Waals surface area contributed by atoms with Crippen molar-refractivity contribution in [2.75, 3.05) is 7.11 Å². The van der Waals surface area contributed by atoms with Crippen molar-refractivity contribution in [1.29, 1.82) is 0 Å². The number of carbonyl (C=O) groups excluding carboxylic acids is 3. The van der Waals surface area contributed by atoms with Crippen LogP contribution >= 0.6 is 0 Å². The van der Waals surface area contributed by atoms with Gasteiger partial charge < -0.3 is 19.7 Å². The molecule has 25 heavy (non-hydrogen) atoms. The minimum absolute atomic E-state index is 0.0562. The maximum absolute atomic E-state index is 12.7. The molecule has 1 amide bonds. The van der Waals surface area contributed by atoms with Crippen LogP contribution in [-0.2, 0) is 20.9 Å². The fourth-order valence-electron chi connectivity index (χ4n) is 3.40. The van der Waals surface area contributed by atoms with E-state index >= 15 is 0 Å². The van der Waals surface area contributed by atoms with Crippen LogP contribution in [0.5, 0.6) is 0 Å². The summed E-state index contributed by atoms with van der Waals surface area (Å²) < 4.78 is 6.63. The number of ether oxygens (including phenoxy) is 1. The molecular weight excluding hydrogens is 330 g/mol. The molecule has 0 bridgehead atoms. The van der Waals surface area contributed by atoms with Crippen LogP contribution in [0.1, 0.15) is 53.0 Å². The van der Waals surface area contributed by atoms with Crippen molar-refractivity contribution in [3.8, 4) is 0 Å². The first kappa shape index (κ1) is 17.0. The lowest BCUT2D eigenvalue weighted by atomic mass is 9.95.